The van der Waals surface area contributed by atoms with Crippen LogP contribution in [0.3, 0.4) is 0 Å². The summed E-state index contributed by atoms with van der Waals surface area (Å²) in [5, 5.41) is 3.25. The molecule has 0 aliphatic carbocycles. The van der Waals surface area contributed by atoms with E-state index >= 15 is 0 Å². The van der Waals surface area contributed by atoms with E-state index in [2.05, 4.69) is 36.0 Å². The van der Waals surface area contributed by atoms with Crippen LogP contribution in [0.1, 0.15) is 76.2 Å². The molecule has 4 heterocycles. The molecule has 0 unspecified atom stereocenters. The molecule has 2 aromatic rings. The lowest BCUT2D eigenvalue weighted by Crippen LogP contribution is -2.60. The summed E-state index contributed by atoms with van der Waals surface area (Å²) in [4.78, 5) is 48.6. The summed E-state index contributed by atoms with van der Waals surface area (Å²) in [7, 11) is 1.61. The number of amides is 3. The van der Waals surface area contributed by atoms with Crippen molar-refractivity contribution in [2.75, 3.05) is 26.7 Å². The third-order valence-corrected chi connectivity index (χ3v) is 9.25. The maximum absolute atomic E-state index is 13.8. The predicted molar refractivity (Wildman–Crippen MR) is 155 cm³/mol. The van der Waals surface area contributed by atoms with E-state index in [9.17, 15) is 14.4 Å². The normalized spacial score (nSPS) is 27.8. The van der Waals surface area contributed by atoms with Gasteiger partial charge in [-0.1, -0.05) is 20.8 Å². The monoisotopic (exact) mass is 564 g/mol. The number of benzene rings is 1. The lowest BCUT2D eigenvalue weighted by Gasteiger charge is -2.51. The van der Waals surface area contributed by atoms with Crippen molar-refractivity contribution in [1.82, 2.24) is 20.1 Å². The van der Waals surface area contributed by atoms with E-state index in [1.165, 1.54) is 6.39 Å². The average Bonchev–Trinajstić information content (AvgIpc) is 3.45. The van der Waals surface area contributed by atoms with Crippen molar-refractivity contribution in [3.63, 3.8) is 0 Å². The molecule has 3 amide bonds. The molecular weight excluding hydrogens is 520 g/mol. The van der Waals surface area contributed by atoms with Gasteiger partial charge in [0.05, 0.1) is 7.11 Å². The fourth-order valence-corrected chi connectivity index (χ4v) is 6.97. The minimum atomic E-state index is -0.142. The highest BCUT2D eigenvalue weighted by Crippen LogP contribution is 2.37. The number of hydrogen-bond acceptors (Lipinski definition) is 6. The van der Waals surface area contributed by atoms with Gasteiger partial charge >= 0.3 is 0 Å². The van der Waals surface area contributed by atoms with Crippen LogP contribution in [-0.4, -0.2) is 71.3 Å². The summed E-state index contributed by atoms with van der Waals surface area (Å²) in [6, 6.07) is 7.55. The number of methoxy groups -OCH3 is 1. The number of carbonyl (C=O) groups is 3. The first-order valence-corrected chi connectivity index (χ1v) is 15.2. The number of hydrogen-bond donors (Lipinski definition) is 1. The summed E-state index contributed by atoms with van der Waals surface area (Å²) in [5.41, 5.74) is 1.08. The zero-order chi connectivity index (χ0) is 29.1. The lowest BCUT2D eigenvalue weighted by molar-refractivity contribution is -0.141. The van der Waals surface area contributed by atoms with Gasteiger partial charge in [0.1, 0.15) is 5.75 Å². The molecule has 1 aromatic carbocycles. The van der Waals surface area contributed by atoms with Crippen LogP contribution in [0.5, 0.6) is 5.75 Å². The third-order valence-electron chi connectivity index (χ3n) is 9.25. The number of aromatic nitrogens is 1. The van der Waals surface area contributed by atoms with Gasteiger partial charge in [0.15, 0.2) is 17.8 Å². The maximum Gasteiger partial charge on any atom is 0.276 e. The van der Waals surface area contributed by atoms with E-state index in [-0.39, 0.29) is 47.6 Å². The van der Waals surface area contributed by atoms with Crippen molar-refractivity contribution in [2.45, 2.75) is 77.8 Å². The number of carbonyl (C=O) groups excluding carboxylic acids is 3. The van der Waals surface area contributed by atoms with Crippen LogP contribution in [0.2, 0.25) is 0 Å². The number of nitrogens with one attached hydrogen (secondary N) is 1. The molecule has 3 fully saturated rings. The Balaban J connectivity index is 1.33. The highest BCUT2D eigenvalue weighted by molar-refractivity contribution is 5.97. The molecule has 3 aliphatic heterocycles. The number of fused-ring (bicyclic) bond motifs is 4. The Morgan fingerprint density at radius 3 is 2.61 bits per heavy atom. The zero-order valence-electron chi connectivity index (χ0n) is 24.8. The topological polar surface area (TPSA) is 105 Å². The second-order valence-corrected chi connectivity index (χ2v) is 12.6. The number of nitrogens with zero attached hydrogens (tertiary/aromatic N) is 3. The molecule has 3 saturated heterocycles. The van der Waals surface area contributed by atoms with Crippen molar-refractivity contribution in [2.24, 2.45) is 23.7 Å². The molecule has 1 N–H and O–H groups in total. The van der Waals surface area contributed by atoms with Crippen molar-refractivity contribution < 1.29 is 23.5 Å². The Hall–Kier alpha value is -3.36. The van der Waals surface area contributed by atoms with Gasteiger partial charge in [0, 0.05) is 50.1 Å². The molecule has 5 rings (SSSR count). The Bertz CT molecular complexity index is 1220. The van der Waals surface area contributed by atoms with Crippen LogP contribution in [0.4, 0.5) is 0 Å². The van der Waals surface area contributed by atoms with Crippen molar-refractivity contribution in [3.05, 3.63) is 36.4 Å². The smallest absolute Gasteiger partial charge is 0.276 e. The number of piperidine rings is 2. The maximum atomic E-state index is 13.8. The Labute approximate surface area is 243 Å². The standard InChI is InChI=1S/C32H44N4O5/c1-20(2)26-13-8-21(3)14-29(38)36-17-22-15-24(27(36)6-5-7-28(37)34-26)18-35(16-22)32(39)30-31(41-19-33-30)23-9-11-25(40-4)12-10-23/h9-12,19-22,24,26-27H,5-8,13-18H2,1-4H3,(H,34,37)/t21-,22+,24-,26+,27+/m1/s1. The highest BCUT2D eigenvalue weighted by Gasteiger charge is 2.44. The number of oxazole rings is 1. The highest BCUT2D eigenvalue weighted by atomic mass is 16.5. The number of ether oxygens (including phenoxy) is 1. The first kappa shape index (κ1) is 29.1. The molecule has 0 radical (unpaired) electrons. The summed E-state index contributed by atoms with van der Waals surface area (Å²) in [6.07, 6.45) is 6.59. The SMILES string of the molecule is COc1ccc(-c2ocnc2C(=O)N2C[C@@H]3C[C@H](C2)[C@@H]2CCCC(=O)N[C@H](C(C)C)CC[C@@H](C)CC(=O)N2C3)cc1. The van der Waals surface area contributed by atoms with Gasteiger partial charge in [0.2, 0.25) is 11.8 Å². The van der Waals surface area contributed by atoms with Gasteiger partial charge in [-0.2, -0.15) is 0 Å². The molecular formula is C32H44N4O5. The first-order chi connectivity index (χ1) is 19.7. The molecule has 5 atom stereocenters. The van der Waals surface area contributed by atoms with Crippen molar-refractivity contribution in [3.8, 4) is 17.1 Å². The van der Waals surface area contributed by atoms with Gasteiger partial charge in [-0.25, -0.2) is 4.98 Å². The molecule has 9 nitrogen and oxygen atoms in total. The fourth-order valence-electron chi connectivity index (χ4n) is 6.97. The minimum Gasteiger partial charge on any atom is -0.497 e. The van der Waals surface area contributed by atoms with Gasteiger partial charge in [-0.3, -0.25) is 14.4 Å². The van der Waals surface area contributed by atoms with Crippen LogP contribution in [0, 0.1) is 23.7 Å². The van der Waals surface area contributed by atoms with Crippen molar-refractivity contribution in [1.29, 1.82) is 0 Å². The quantitative estimate of drug-likeness (QED) is 0.574. The first-order valence-electron chi connectivity index (χ1n) is 15.2. The van der Waals surface area contributed by atoms with E-state index in [4.69, 9.17) is 9.15 Å². The van der Waals surface area contributed by atoms with Gasteiger partial charge in [-0.15, -0.1) is 0 Å². The second kappa shape index (κ2) is 12.7. The average molecular weight is 565 g/mol. The predicted octanol–water partition coefficient (Wildman–Crippen LogP) is 4.77. The molecule has 222 valence electrons. The van der Waals surface area contributed by atoms with E-state index in [1.54, 1.807) is 7.11 Å². The van der Waals surface area contributed by atoms with E-state index < -0.39 is 0 Å². The van der Waals surface area contributed by atoms with Crippen LogP contribution in [0.25, 0.3) is 11.3 Å². The Morgan fingerprint density at radius 1 is 1.10 bits per heavy atom. The molecule has 9 heteroatoms. The largest absolute Gasteiger partial charge is 0.497 e. The Kier molecular flexibility index (Phi) is 9.00. The van der Waals surface area contributed by atoms with E-state index in [0.717, 1.165) is 43.4 Å². The molecule has 2 bridgehead atoms. The van der Waals surface area contributed by atoms with Gasteiger partial charge in [-0.05, 0) is 80.0 Å². The van der Waals surface area contributed by atoms with Gasteiger partial charge < -0.3 is 24.3 Å². The lowest BCUT2D eigenvalue weighted by atomic mass is 9.77. The molecule has 0 saturated carbocycles. The summed E-state index contributed by atoms with van der Waals surface area (Å²) >= 11 is 0. The summed E-state index contributed by atoms with van der Waals surface area (Å²) in [5.74, 6) is 2.34. The fraction of sp³-hybridized carbons (Fsp3) is 0.625. The van der Waals surface area contributed by atoms with Gasteiger partial charge in [0.25, 0.3) is 5.91 Å². The molecule has 0 spiro atoms. The zero-order valence-corrected chi connectivity index (χ0v) is 24.8. The van der Waals surface area contributed by atoms with Crippen molar-refractivity contribution >= 4 is 17.7 Å². The number of rotatable bonds is 4. The van der Waals surface area contributed by atoms with E-state index in [1.807, 2.05) is 29.2 Å². The van der Waals surface area contributed by atoms with Crippen LogP contribution in [0.15, 0.2) is 35.1 Å². The Morgan fingerprint density at radius 2 is 1.88 bits per heavy atom. The third kappa shape index (κ3) is 6.60. The minimum absolute atomic E-state index is 0.0226. The molecule has 3 aliphatic rings. The molecule has 1 aromatic heterocycles. The second-order valence-electron chi connectivity index (χ2n) is 12.6. The number of likely N-dealkylation sites (tertiary alicyclic amines) is 1. The summed E-state index contributed by atoms with van der Waals surface area (Å²) < 4.78 is 10.9. The van der Waals surface area contributed by atoms with Crippen LogP contribution < -0.4 is 10.1 Å². The summed E-state index contributed by atoms with van der Waals surface area (Å²) in [6.45, 7) is 8.25. The van der Waals surface area contributed by atoms with Crippen LogP contribution >= 0.6 is 0 Å². The van der Waals surface area contributed by atoms with Crippen LogP contribution in [-0.2, 0) is 9.59 Å². The molecule has 41 heavy (non-hydrogen) atoms. The van der Waals surface area contributed by atoms with E-state index in [0.29, 0.717) is 49.8 Å².